The van der Waals surface area contributed by atoms with Gasteiger partial charge in [-0.15, -0.1) is 0 Å². The Morgan fingerprint density at radius 1 is 1.42 bits per heavy atom. The second-order valence-electron chi connectivity index (χ2n) is 4.64. The summed E-state index contributed by atoms with van der Waals surface area (Å²) in [6.07, 6.45) is 0.774. The number of benzene rings is 1. The Morgan fingerprint density at radius 2 is 2.11 bits per heavy atom. The molecule has 0 aliphatic carbocycles. The van der Waals surface area contributed by atoms with Crippen LogP contribution in [0.2, 0.25) is 10.0 Å². The molecular weight excluding hydrogens is 309 g/mol. The van der Waals surface area contributed by atoms with Crippen molar-refractivity contribution in [3.8, 4) is 0 Å². The molecule has 0 spiro atoms. The second kappa shape index (κ2) is 5.46. The summed E-state index contributed by atoms with van der Waals surface area (Å²) in [7, 11) is -1.74. The molecule has 5 nitrogen and oxygen atoms in total. The maximum absolute atomic E-state index is 12.3. The SMILES string of the molecule is CN1CCC(NS(=O)(=O)c2ccc(Cl)c(N)c2Cl)C1. The minimum absolute atomic E-state index is 0.0358. The van der Waals surface area contributed by atoms with Crippen LogP contribution >= 0.6 is 23.2 Å². The number of likely N-dealkylation sites (N-methyl/N-ethyl adjacent to an activating group) is 1. The predicted octanol–water partition coefficient (Wildman–Crippen LogP) is 1.56. The first kappa shape index (κ1) is 14.9. The highest BCUT2D eigenvalue weighted by Gasteiger charge is 2.27. The van der Waals surface area contributed by atoms with Gasteiger partial charge in [0.15, 0.2) is 0 Å². The zero-order valence-corrected chi connectivity index (χ0v) is 12.7. The quantitative estimate of drug-likeness (QED) is 0.828. The van der Waals surface area contributed by atoms with Crippen molar-refractivity contribution in [2.75, 3.05) is 25.9 Å². The number of sulfonamides is 1. The topological polar surface area (TPSA) is 75.4 Å². The molecule has 1 atom stereocenters. The Kier molecular flexibility index (Phi) is 4.27. The lowest BCUT2D eigenvalue weighted by atomic mass is 10.3. The zero-order chi connectivity index (χ0) is 14.2. The van der Waals surface area contributed by atoms with Gasteiger partial charge in [-0.3, -0.25) is 0 Å². The number of likely N-dealkylation sites (tertiary alicyclic amines) is 1. The number of hydrogen-bond acceptors (Lipinski definition) is 4. The number of nitrogen functional groups attached to an aromatic ring is 1. The first-order chi connectivity index (χ1) is 8.81. The van der Waals surface area contributed by atoms with Gasteiger partial charge in [-0.05, 0) is 32.1 Å². The maximum atomic E-state index is 12.3. The van der Waals surface area contributed by atoms with Crippen molar-refractivity contribution in [2.24, 2.45) is 0 Å². The van der Waals surface area contributed by atoms with Gasteiger partial charge < -0.3 is 10.6 Å². The number of nitrogens with one attached hydrogen (secondary N) is 1. The fourth-order valence-electron chi connectivity index (χ4n) is 2.07. The average molecular weight is 324 g/mol. The number of halogens is 2. The van der Waals surface area contributed by atoms with Crippen LogP contribution < -0.4 is 10.5 Å². The van der Waals surface area contributed by atoms with Crippen LogP contribution in [0.5, 0.6) is 0 Å². The summed E-state index contributed by atoms with van der Waals surface area (Å²) >= 11 is 11.8. The molecule has 1 unspecified atom stereocenters. The van der Waals surface area contributed by atoms with E-state index in [4.69, 9.17) is 28.9 Å². The summed E-state index contributed by atoms with van der Waals surface area (Å²) in [4.78, 5) is 2.02. The monoisotopic (exact) mass is 323 g/mol. The standard InChI is InChI=1S/C11H15Cl2N3O2S/c1-16-5-4-7(6-16)15-19(17,18)9-3-2-8(12)11(14)10(9)13/h2-3,7,15H,4-6,14H2,1H3. The van der Waals surface area contributed by atoms with E-state index in [0.29, 0.717) is 6.54 Å². The predicted molar refractivity (Wildman–Crippen MR) is 77.1 cm³/mol. The molecule has 0 aromatic heterocycles. The van der Waals surface area contributed by atoms with Gasteiger partial charge in [0, 0.05) is 12.6 Å². The molecule has 0 bridgehead atoms. The third-order valence-electron chi connectivity index (χ3n) is 3.09. The lowest BCUT2D eigenvalue weighted by Gasteiger charge is -2.15. The summed E-state index contributed by atoms with van der Waals surface area (Å²) in [5.74, 6) is 0. The van der Waals surface area contributed by atoms with E-state index < -0.39 is 10.0 Å². The van der Waals surface area contributed by atoms with E-state index in [1.54, 1.807) is 0 Å². The lowest BCUT2D eigenvalue weighted by molar-refractivity contribution is 0.407. The van der Waals surface area contributed by atoms with Crippen LogP contribution in [0.3, 0.4) is 0 Å². The van der Waals surface area contributed by atoms with E-state index in [0.717, 1.165) is 13.0 Å². The maximum Gasteiger partial charge on any atom is 0.242 e. The normalized spacial score (nSPS) is 20.9. The Labute approximate surface area is 122 Å². The van der Waals surface area contributed by atoms with Crippen molar-refractivity contribution in [3.63, 3.8) is 0 Å². The van der Waals surface area contributed by atoms with Gasteiger partial charge in [0.1, 0.15) is 4.90 Å². The van der Waals surface area contributed by atoms with Crippen LogP contribution in [0.1, 0.15) is 6.42 Å². The van der Waals surface area contributed by atoms with Gasteiger partial charge in [-0.25, -0.2) is 13.1 Å². The van der Waals surface area contributed by atoms with Crippen LogP contribution in [-0.4, -0.2) is 39.5 Å². The highest BCUT2D eigenvalue weighted by atomic mass is 35.5. The number of hydrogen-bond donors (Lipinski definition) is 2. The van der Waals surface area contributed by atoms with E-state index in [-0.39, 0.29) is 26.7 Å². The molecule has 106 valence electrons. The highest BCUT2D eigenvalue weighted by molar-refractivity contribution is 7.89. The summed E-state index contributed by atoms with van der Waals surface area (Å²) < 4.78 is 27.2. The number of rotatable bonds is 3. The van der Waals surface area contributed by atoms with Gasteiger partial charge in [-0.1, -0.05) is 23.2 Å². The summed E-state index contributed by atoms with van der Waals surface area (Å²) in [5.41, 5.74) is 5.72. The first-order valence-corrected chi connectivity index (χ1v) is 7.99. The van der Waals surface area contributed by atoms with Crippen LogP contribution in [-0.2, 0) is 10.0 Å². The van der Waals surface area contributed by atoms with Gasteiger partial charge in [0.05, 0.1) is 15.7 Å². The fourth-order valence-corrected chi connectivity index (χ4v) is 4.10. The smallest absolute Gasteiger partial charge is 0.242 e. The minimum Gasteiger partial charge on any atom is -0.396 e. The summed E-state index contributed by atoms with van der Waals surface area (Å²) in [6, 6.07) is 2.68. The largest absolute Gasteiger partial charge is 0.396 e. The van der Waals surface area contributed by atoms with E-state index in [2.05, 4.69) is 9.62 Å². The second-order valence-corrected chi connectivity index (χ2v) is 7.11. The third-order valence-corrected chi connectivity index (χ3v) is 5.51. The van der Waals surface area contributed by atoms with Crippen molar-refractivity contribution in [3.05, 3.63) is 22.2 Å². The molecule has 1 fully saturated rings. The average Bonchev–Trinajstić information content (AvgIpc) is 2.70. The minimum atomic E-state index is -3.68. The van der Waals surface area contributed by atoms with Crippen LogP contribution in [0.25, 0.3) is 0 Å². The van der Waals surface area contributed by atoms with Gasteiger partial charge >= 0.3 is 0 Å². The van der Waals surface area contributed by atoms with E-state index in [1.807, 2.05) is 7.05 Å². The van der Waals surface area contributed by atoms with Crippen molar-refractivity contribution in [1.29, 1.82) is 0 Å². The number of anilines is 1. The molecule has 1 saturated heterocycles. The van der Waals surface area contributed by atoms with Crippen molar-refractivity contribution in [1.82, 2.24) is 9.62 Å². The molecule has 0 radical (unpaired) electrons. The molecule has 3 N–H and O–H groups in total. The Balaban J connectivity index is 2.27. The van der Waals surface area contributed by atoms with Gasteiger partial charge in [0.25, 0.3) is 0 Å². The van der Waals surface area contributed by atoms with Crippen molar-refractivity contribution in [2.45, 2.75) is 17.4 Å². The van der Waals surface area contributed by atoms with E-state index in [9.17, 15) is 8.42 Å². The first-order valence-electron chi connectivity index (χ1n) is 5.75. The molecule has 1 heterocycles. The highest BCUT2D eigenvalue weighted by Crippen LogP contribution is 2.33. The Morgan fingerprint density at radius 3 is 2.68 bits per heavy atom. The van der Waals surface area contributed by atoms with Crippen LogP contribution in [0.15, 0.2) is 17.0 Å². The Hall–Kier alpha value is -0.530. The molecule has 8 heteroatoms. The zero-order valence-electron chi connectivity index (χ0n) is 10.4. The van der Waals surface area contributed by atoms with Gasteiger partial charge in [-0.2, -0.15) is 0 Å². The third kappa shape index (κ3) is 3.14. The molecule has 1 aromatic rings. The Bertz CT molecular complexity index is 592. The number of nitrogens with two attached hydrogens (primary N) is 1. The molecule has 0 amide bonds. The summed E-state index contributed by atoms with van der Waals surface area (Å²) in [5, 5.41) is 0.205. The molecule has 1 aliphatic heterocycles. The molecule has 1 aliphatic rings. The molecular formula is C11H15Cl2N3O2S. The molecule has 2 rings (SSSR count). The lowest BCUT2D eigenvalue weighted by Crippen LogP contribution is -2.36. The molecule has 0 saturated carbocycles. The molecule has 19 heavy (non-hydrogen) atoms. The number of nitrogens with zero attached hydrogens (tertiary/aromatic N) is 1. The van der Waals surface area contributed by atoms with E-state index in [1.165, 1.54) is 12.1 Å². The summed E-state index contributed by atoms with van der Waals surface area (Å²) in [6.45, 7) is 1.55. The van der Waals surface area contributed by atoms with Crippen molar-refractivity contribution < 1.29 is 8.42 Å². The fraction of sp³-hybridized carbons (Fsp3) is 0.455. The van der Waals surface area contributed by atoms with Crippen molar-refractivity contribution >= 4 is 38.9 Å². The van der Waals surface area contributed by atoms with Crippen LogP contribution in [0, 0.1) is 0 Å². The molecule has 1 aromatic carbocycles. The van der Waals surface area contributed by atoms with Gasteiger partial charge in [0.2, 0.25) is 10.0 Å². The van der Waals surface area contributed by atoms with Crippen LogP contribution in [0.4, 0.5) is 5.69 Å². The van der Waals surface area contributed by atoms with E-state index >= 15 is 0 Å².